The zero-order valence-electron chi connectivity index (χ0n) is 48.5. The summed E-state index contributed by atoms with van der Waals surface area (Å²) in [6.45, 7) is 25.7. The van der Waals surface area contributed by atoms with Gasteiger partial charge >= 0.3 is 0 Å². The monoisotopic (exact) mass is 1070 g/mol. The van der Waals surface area contributed by atoms with Crippen LogP contribution in [0.25, 0.3) is 55.4 Å². The molecule has 2 heterocycles. The molecule has 0 amide bonds. The minimum atomic E-state index is 0.624. The molecule has 6 N–H and O–H groups in total. The van der Waals surface area contributed by atoms with Crippen LogP contribution in [-0.4, -0.2) is 4.57 Å². The summed E-state index contributed by atoms with van der Waals surface area (Å²) in [5.41, 5.74) is 29.9. The number of fused-ring (bicyclic) bond motifs is 4. The van der Waals surface area contributed by atoms with E-state index in [2.05, 4.69) is 285 Å². The first-order valence-electron chi connectivity index (χ1n) is 28.0. The van der Waals surface area contributed by atoms with Crippen molar-refractivity contribution in [2.75, 3.05) is 4.90 Å². The first-order chi connectivity index (χ1) is 40.2. The van der Waals surface area contributed by atoms with Gasteiger partial charge in [0.1, 0.15) is 0 Å². The minimum absolute atomic E-state index is 0.624. The fourth-order valence-electron chi connectivity index (χ4n) is 9.58. The van der Waals surface area contributed by atoms with Crippen molar-refractivity contribution in [3.05, 3.63) is 344 Å². The second-order valence-electron chi connectivity index (χ2n) is 18.9. The van der Waals surface area contributed by atoms with Crippen molar-refractivity contribution >= 4 is 61.0 Å². The quantitative estimate of drug-likeness (QED) is 0.0521. The van der Waals surface area contributed by atoms with E-state index in [0.717, 1.165) is 80.0 Å². The summed E-state index contributed by atoms with van der Waals surface area (Å²) in [6.07, 6.45) is 33.2. The van der Waals surface area contributed by atoms with Crippen molar-refractivity contribution in [3.63, 3.8) is 0 Å². The van der Waals surface area contributed by atoms with Crippen LogP contribution in [0.5, 0.6) is 0 Å². The van der Waals surface area contributed by atoms with E-state index in [1.807, 2.05) is 58.1 Å². The molecule has 82 heavy (non-hydrogen) atoms. The summed E-state index contributed by atoms with van der Waals surface area (Å²) in [5, 5.41) is 2.46. The lowest BCUT2D eigenvalue weighted by molar-refractivity contribution is 1.05. The fourth-order valence-corrected chi connectivity index (χ4v) is 9.58. The molecule has 1 aromatic heterocycles. The molecule has 5 nitrogen and oxygen atoms in total. The third kappa shape index (κ3) is 16.0. The Labute approximate surface area is 488 Å². The van der Waals surface area contributed by atoms with Gasteiger partial charge < -0.3 is 15.2 Å². The van der Waals surface area contributed by atoms with Gasteiger partial charge in [-0.1, -0.05) is 234 Å². The molecular weight excluding hydrogens is 995 g/mol. The Morgan fingerprint density at radius 2 is 1.32 bits per heavy atom. The highest BCUT2D eigenvalue weighted by Gasteiger charge is 2.19. The van der Waals surface area contributed by atoms with Crippen LogP contribution in [0.1, 0.15) is 80.8 Å². The van der Waals surface area contributed by atoms with Crippen LogP contribution in [0.4, 0.5) is 11.4 Å². The predicted octanol–water partition coefficient (Wildman–Crippen LogP) is 19.9. The molecule has 0 radical (unpaired) electrons. The van der Waals surface area contributed by atoms with Gasteiger partial charge in [-0.3, -0.25) is 11.7 Å². The molecular formula is C77H79N5. The van der Waals surface area contributed by atoms with Crippen LogP contribution >= 0.6 is 0 Å². The number of hydrogen-bond acceptors (Lipinski definition) is 4. The Hall–Kier alpha value is -9.58. The van der Waals surface area contributed by atoms with Gasteiger partial charge in [0.25, 0.3) is 0 Å². The summed E-state index contributed by atoms with van der Waals surface area (Å²) in [7, 11) is 0. The van der Waals surface area contributed by atoms with Gasteiger partial charge in [-0.2, -0.15) is 0 Å². The van der Waals surface area contributed by atoms with Crippen LogP contribution in [-0.2, 0) is 6.54 Å². The maximum absolute atomic E-state index is 5.55. The third-order valence-electron chi connectivity index (χ3n) is 13.5. The number of hydrogen-bond donors (Lipinski definition) is 3. The van der Waals surface area contributed by atoms with Crippen molar-refractivity contribution < 1.29 is 0 Å². The molecule has 11 rings (SSSR count). The second kappa shape index (κ2) is 32.5. The molecule has 0 atom stereocenters. The Morgan fingerprint density at radius 1 is 0.659 bits per heavy atom. The van der Waals surface area contributed by atoms with Crippen molar-refractivity contribution in [1.29, 1.82) is 0 Å². The molecule has 0 bridgehead atoms. The van der Waals surface area contributed by atoms with E-state index in [0.29, 0.717) is 6.54 Å². The number of aromatic nitrogens is 1. The smallest absolute Gasteiger partial charge is 0.0541 e. The molecule has 1 aliphatic heterocycles. The van der Waals surface area contributed by atoms with Crippen LogP contribution in [0.3, 0.4) is 0 Å². The SMILES string of the molecule is C=C(C)/C=C\C=C/C.C=C1/C=C(c2ccc3c(c2)c2ccccc2n3-c2ccccc2)\C=C/N(c2cccc(/C(=C\C)C3=C=C(c4ccccc4)C=C3)c2)c2ccccc21.C=CC=C.CC.NCc1ccc(C2=CC=CCC2)cc1.NN. The van der Waals surface area contributed by atoms with E-state index >= 15 is 0 Å². The first-order valence-corrected chi connectivity index (χ1v) is 28.0. The average molecular weight is 1070 g/mol. The summed E-state index contributed by atoms with van der Waals surface area (Å²) in [5.74, 6) is 8.00. The summed E-state index contributed by atoms with van der Waals surface area (Å²) < 4.78 is 2.36. The van der Waals surface area contributed by atoms with Crippen molar-refractivity contribution in [3.8, 4) is 5.69 Å². The van der Waals surface area contributed by atoms with Gasteiger partial charge in [-0.25, -0.2) is 0 Å². The van der Waals surface area contributed by atoms with E-state index in [1.165, 1.54) is 44.1 Å². The Kier molecular flexibility index (Phi) is 24.4. The zero-order valence-corrected chi connectivity index (χ0v) is 48.5. The van der Waals surface area contributed by atoms with Gasteiger partial charge in [0, 0.05) is 51.6 Å². The van der Waals surface area contributed by atoms with E-state index < -0.39 is 0 Å². The van der Waals surface area contributed by atoms with Crippen LogP contribution in [0.2, 0.25) is 0 Å². The fraction of sp³-hybridized carbons (Fsp3) is 0.104. The molecule has 0 unspecified atom stereocenters. The van der Waals surface area contributed by atoms with Gasteiger partial charge in [0.2, 0.25) is 0 Å². The summed E-state index contributed by atoms with van der Waals surface area (Å²) >= 11 is 0. The summed E-state index contributed by atoms with van der Waals surface area (Å²) in [4.78, 5) is 2.29. The molecule has 3 aliphatic rings. The van der Waals surface area contributed by atoms with Gasteiger partial charge in [0.05, 0.1) is 16.7 Å². The standard InChI is InChI=1S/C50H36N2.C13H15N.C8H12.C4H6.C2H6.H4N2/c1-3-44(41-26-25-37(32-41)36-15-6-4-7-16-36)40-17-14-20-43(33-40)51-30-29-39(31-35(2)45-21-10-12-23-48(45)51)38-27-28-50-47(34-38)46-22-11-13-24-49(46)52(50)42-18-8-5-9-19-42;14-10-11-6-8-13(9-7-11)12-4-2-1-3-5-12;1-4-5-6-7-8(2)3;1-3-4-2;2*1-2/h3-31,33-34H,2H2,1H3;1-2,4,6-9H,3,5,10,14H2;4-7H,2H2,1,3H3;3-4H,1-2H2;1-2H3;1-2H2/b30-29-,39-31+,44-3+;;5-4-,7-6-;;;. The Morgan fingerprint density at radius 3 is 1.99 bits per heavy atom. The van der Waals surface area contributed by atoms with Crippen molar-refractivity contribution in [1.82, 2.24) is 4.57 Å². The van der Waals surface area contributed by atoms with Gasteiger partial charge in [-0.15, -0.1) is 5.73 Å². The average Bonchev–Trinajstić information content (AvgIpc) is 4.37. The number of hydrazine groups is 1. The minimum Gasteiger partial charge on any atom is -0.326 e. The van der Waals surface area contributed by atoms with Crippen LogP contribution in [0.15, 0.2) is 310 Å². The molecule has 2 aliphatic carbocycles. The second-order valence-corrected chi connectivity index (χ2v) is 18.9. The third-order valence-corrected chi connectivity index (χ3v) is 13.5. The number of anilines is 2. The van der Waals surface area contributed by atoms with Gasteiger partial charge in [-0.05, 0) is 157 Å². The molecule has 5 heteroatoms. The summed E-state index contributed by atoms with van der Waals surface area (Å²) in [6, 6.07) is 62.4. The van der Waals surface area contributed by atoms with Crippen molar-refractivity contribution in [2.45, 2.75) is 54.0 Å². The normalized spacial score (nSPS) is 14.2. The Balaban J connectivity index is 0.000000296. The van der Waals surface area contributed by atoms with Crippen LogP contribution < -0.4 is 22.3 Å². The maximum Gasteiger partial charge on any atom is 0.0541 e. The number of allylic oxidation sites excluding steroid dienone is 20. The van der Waals surface area contributed by atoms with E-state index in [4.69, 9.17) is 5.73 Å². The van der Waals surface area contributed by atoms with E-state index in [-0.39, 0.29) is 0 Å². The van der Waals surface area contributed by atoms with Crippen molar-refractivity contribution in [2.24, 2.45) is 17.4 Å². The number of nitrogens with zero attached hydrogens (tertiary/aromatic N) is 2. The number of rotatable bonds is 11. The van der Waals surface area contributed by atoms with E-state index in [1.54, 1.807) is 12.2 Å². The first kappa shape index (κ1) is 61.6. The molecule has 0 fully saturated rings. The van der Waals surface area contributed by atoms with E-state index in [9.17, 15) is 0 Å². The largest absolute Gasteiger partial charge is 0.326 e. The highest BCUT2D eigenvalue weighted by molar-refractivity contribution is 6.10. The Bertz CT molecular complexity index is 3780. The maximum atomic E-state index is 5.55. The van der Waals surface area contributed by atoms with Gasteiger partial charge in [0.15, 0.2) is 0 Å². The van der Waals surface area contributed by atoms with Crippen LogP contribution in [0, 0.1) is 0 Å². The molecule has 7 aromatic carbocycles. The topological polar surface area (TPSA) is 86.2 Å². The molecule has 0 saturated heterocycles. The lowest BCUT2D eigenvalue weighted by atomic mass is 9.95. The molecule has 0 saturated carbocycles. The highest BCUT2D eigenvalue weighted by Crippen LogP contribution is 2.40. The molecule has 412 valence electrons. The molecule has 8 aromatic rings. The highest BCUT2D eigenvalue weighted by atomic mass is 15.1. The zero-order chi connectivity index (χ0) is 58.6. The predicted molar refractivity (Wildman–Crippen MR) is 361 cm³/mol. The lowest BCUT2D eigenvalue weighted by Gasteiger charge is -2.26. The molecule has 0 spiro atoms. The number of benzene rings is 7. The number of para-hydroxylation sites is 3. The lowest BCUT2D eigenvalue weighted by Crippen LogP contribution is -2.12. The number of nitrogens with two attached hydrogens (primary N) is 3.